The predicted molar refractivity (Wildman–Crippen MR) is 115 cm³/mol. The molecule has 7 heteroatoms. The first-order valence-electron chi connectivity index (χ1n) is 9.66. The van der Waals surface area contributed by atoms with Gasteiger partial charge in [0.1, 0.15) is 18.1 Å². The summed E-state index contributed by atoms with van der Waals surface area (Å²) in [6, 6.07) is 17.1. The van der Waals surface area contributed by atoms with Crippen molar-refractivity contribution < 1.29 is 14.3 Å². The first-order chi connectivity index (χ1) is 13.6. The molecule has 6 nitrogen and oxygen atoms in total. The summed E-state index contributed by atoms with van der Waals surface area (Å²) in [5.74, 6) is 1.49. The van der Waals surface area contributed by atoms with Gasteiger partial charge in [-0.15, -0.1) is 12.4 Å². The topological polar surface area (TPSA) is 97.4 Å². The third kappa shape index (κ3) is 7.31. The van der Waals surface area contributed by atoms with Crippen LogP contribution in [0, 0.1) is 17.2 Å². The number of carbonyl (C=O) groups is 1. The van der Waals surface area contributed by atoms with Crippen molar-refractivity contribution in [2.24, 2.45) is 17.6 Å². The lowest BCUT2D eigenvalue weighted by Crippen LogP contribution is -2.36. The average Bonchev–Trinajstić information content (AvgIpc) is 2.73. The maximum atomic E-state index is 12.4. The number of carbonyl (C=O) groups excluding carboxylic acids is 1. The number of guanidine groups is 1. The molecule has 29 heavy (non-hydrogen) atoms. The summed E-state index contributed by atoms with van der Waals surface area (Å²) in [6.45, 7) is 1.20. The Balaban J connectivity index is 0.00000300. The van der Waals surface area contributed by atoms with Crippen molar-refractivity contribution in [3.8, 4) is 11.5 Å². The molecule has 0 unspecified atom stereocenters. The van der Waals surface area contributed by atoms with Crippen molar-refractivity contribution in [1.82, 2.24) is 5.32 Å². The fourth-order valence-corrected chi connectivity index (χ4v) is 3.40. The van der Waals surface area contributed by atoms with Crippen LogP contribution in [0.15, 0.2) is 54.6 Å². The second-order valence-corrected chi connectivity index (χ2v) is 7.18. The van der Waals surface area contributed by atoms with E-state index in [1.807, 2.05) is 42.5 Å². The third-order valence-corrected chi connectivity index (χ3v) is 5.05. The van der Waals surface area contributed by atoms with Gasteiger partial charge in [0.05, 0.1) is 5.92 Å². The highest BCUT2D eigenvalue weighted by Gasteiger charge is 2.27. The van der Waals surface area contributed by atoms with E-state index in [2.05, 4.69) is 5.32 Å². The smallest absolute Gasteiger partial charge is 0.314 e. The molecule has 0 radical (unpaired) electrons. The first kappa shape index (κ1) is 22.6. The summed E-state index contributed by atoms with van der Waals surface area (Å²) >= 11 is 0. The van der Waals surface area contributed by atoms with E-state index in [9.17, 15) is 4.79 Å². The van der Waals surface area contributed by atoms with Crippen LogP contribution in [0.2, 0.25) is 0 Å². The molecule has 3 rings (SSSR count). The standard InChI is InChI=1S/C22H27N3O3.ClH/c23-22(24)25-14-16-6-8-18(9-7-16)21(26)28-20-12-10-19(11-13-20)27-15-17-4-2-1-3-5-17;/h1-5,10-13,16,18H,6-9,14-15H2,(H4,23,24,25);1H/t16-,18-;. The van der Waals surface area contributed by atoms with Crippen LogP contribution in [0.1, 0.15) is 31.2 Å². The van der Waals surface area contributed by atoms with Crippen molar-refractivity contribution in [2.75, 3.05) is 6.54 Å². The van der Waals surface area contributed by atoms with Crippen molar-refractivity contribution in [3.05, 3.63) is 60.2 Å². The molecule has 156 valence electrons. The van der Waals surface area contributed by atoms with Crippen LogP contribution in [-0.4, -0.2) is 18.5 Å². The Morgan fingerprint density at radius 1 is 1.00 bits per heavy atom. The van der Waals surface area contributed by atoms with E-state index in [-0.39, 0.29) is 30.3 Å². The molecule has 0 atom stereocenters. The lowest BCUT2D eigenvalue weighted by Gasteiger charge is -2.27. The number of benzene rings is 2. The molecular weight excluding hydrogens is 390 g/mol. The van der Waals surface area contributed by atoms with E-state index < -0.39 is 0 Å². The minimum atomic E-state index is -0.170. The molecule has 0 saturated heterocycles. The molecule has 0 heterocycles. The number of hydrogen-bond donors (Lipinski definition) is 3. The van der Waals surface area contributed by atoms with Gasteiger partial charge >= 0.3 is 5.97 Å². The SMILES string of the molecule is Cl.N=C(N)NC[C@H]1CC[C@H](C(=O)Oc2ccc(OCc3ccccc3)cc2)CC1. The van der Waals surface area contributed by atoms with Crippen molar-refractivity contribution >= 4 is 24.3 Å². The van der Waals surface area contributed by atoms with Gasteiger partial charge in [0.15, 0.2) is 5.96 Å². The van der Waals surface area contributed by atoms with E-state index in [4.69, 9.17) is 20.6 Å². The lowest BCUT2D eigenvalue weighted by atomic mass is 9.82. The van der Waals surface area contributed by atoms with Crippen LogP contribution >= 0.6 is 12.4 Å². The van der Waals surface area contributed by atoms with Gasteiger partial charge in [-0.05, 0) is 61.4 Å². The third-order valence-electron chi connectivity index (χ3n) is 5.05. The van der Waals surface area contributed by atoms with Crippen molar-refractivity contribution in [2.45, 2.75) is 32.3 Å². The summed E-state index contributed by atoms with van der Waals surface area (Å²) < 4.78 is 11.3. The summed E-state index contributed by atoms with van der Waals surface area (Å²) in [4.78, 5) is 12.4. The number of ether oxygens (including phenoxy) is 2. The van der Waals surface area contributed by atoms with E-state index in [1.54, 1.807) is 12.1 Å². The van der Waals surface area contributed by atoms with Gasteiger partial charge in [-0.1, -0.05) is 30.3 Å². The van der Waals surface area contributed by atoms with Crippen LogP contribution < -0.4 is 20.5 Å². The normalized spacial score (nSPS) is 18.2. The summed E-state index contributed by atoms with van der Waals surface area (Å²) in [6.07, 6.45) is 3.49. The summed E-state index contributed by atoms with van der Waals surface area (Å²) in [7, 11) is 0. The van der Waals surface area contributed by atoms with Crippen LogP contribution in [0.4, 0.5) is 0 Å². The summed E-state index contributed by atoms with van der Waals surface area (Å²) in [5, 5.41) is 10.1. The van der Waals surface area contributed by atoms with Crippen molar-refractivity contribution in [1.29, 1.82) is 5.41 Å². The van der Waals surface area contributed by atoms with Gasteiger partial charge in [-0.2, -0.15) is 0 Å². The van der Waals surface area contributed by atoms with Crippen molar-refractivity contribution in [3.63, 3.8) is 0 Å². The molecule has 2 aromatic rings. The van der Waals surface area contributed by atoms with Gasteiger partial charge in [0, 0.05) is 6.54 Å². The summed E-state index contributed by atoms with van der Waals surface area (Å²) in [5.41, 5.74) is 6.42. The monoisotopic (exact) mass is 417 g/mol. The number of esters is 1. The lowest BCUT2D eigenvalue weighted by molar-refractivity contribution is -0.140. The van der Waals surface area contributed by atoms with E-state index in [0.29, 0.717) is 24.8 Å². The van der Waals surface area contributed by atoms with Crippen LogP contribution in [0.3, 0.4) is 0 Å². The molecule has 1 fully saturated rings. The van der Waals surface area contributed by atoms with Gasteiger partial charge in [0.25, 0.3) is 0 Å². The molecule has 1 aliphatic carbocycles. The Kier molecular flexibility index (Phi) is 8.80. The number of nitrogens with one attached hydrogen (secondary N) is 2. The molecule has 1 saturated carbocycles. The number of halogens is 1. The molecule has 0 aromatic heterocycles. The van der Waals surface area contributed by atoms with Gasteiger partial charge in [-0.25, -0.2) is 0 Å². The Bertz CT molecular complexity index is 776. The maximum absolute atomic E-state index is 12.4. The minimum absolute atomic E-state index is 0. The van der Waals surface area contributed by atoms with E-state index >= 15 is 0 Å². The fourth-order valence-electron chi connectivity index (χ4n) is 3.40. The quantitative estimate of drug-likeness (QED) is 0.275. The maximum Gasteiger partial charge on any atom is 0.314 e. The Morgan fingerprint density at radius 2 is 1.62 bits per heavy atom. The molecular formula is C22H28ClN3O3. The first-order valence-corrected chi connectivity index (χ1v) is 9.66. The van der Waals surface area contributed by atoms with Crippen LogP contribution in [0.25, 0.3) is 0 Å². The Morgan fingerprint density at radius 3 is 2.24 bits per heavy atom. The highest BCUT2D eigenvalue weighted by Crippen LogP contribution is 2.30. The van der Waals surface area contributed by atoms with Gasteiger partial charge in [0.2, 0.25) is 0 Å². The predicted octanol–water partition coefficient (Wildman–Crippen LogP) is 3.88. The van der Waals surface area contributed by atoms with Gasteiger partial charge < -0.3 is 20.5 Å². The van der Waals surface area contributed by atoms with E-state index in [1.165, 1.54) is 0 Å². The highest BCUT2D eigenvalue weighted by molar-refractivity contribution is 5.85. The second-order valence-electron chi connectivity index (χ2n) is 7.18. The zero-order chi connectivity index (χ0) is 19.8. The number of hydrogen-bond acceptors (Lipinski definition) is 4. The van der Waals surface area contributed by atoms with E-state index in [0.717, 1.165) is 37.0 Å². The average molecular weight is 418 g/mol. The zero-order valence-electron chi connectivity index (χ0n) is 16.3. The Labute approximate surface area is 177 Å². The largest absolute Gasteiger partial charge is 0.489 e. The fraction of sp³-hybridized carbons (Fsp3) is 0.364. The molecule has 4 N–H and O–H groups in total. The second kappa shape index (κ2) is 11.3. The molecule has 0 amide bonds. The Hall–Kier alpha value is -2.73. The number of rotatable bonds is 7. The molecule has 0 aliphatic heterocycles. The molecule has 2 aromatic carbocycles. The highest BCUT2D eigenvalue weighted by atomic mass is 35.5. The molecule has 0 bridgehead atoms. The minimum Gasteiger partial charge on any atom is -0.489 e. The number of nitrogens with two attached hydrogens (primary N) is 1. The molecule has 1 aliphatic rings. The molecule has 0 spiro atoms. The van der Waals surface area contributed by atoms with Crippen LogP contribution in [0.5, 0.6) is 11.5 Å². The zero-order valence-corrected chi connectivity index (χ0v) is 17.1. The van der Waals surface area contributed by atoms with Gasteiger partial charge in [-0.3, -0.25) is 10.2 Å². The van der Waals surface area contributed by atoms with Crippen LogP contribution in [-0.2, 0) is 11.4 Å².